The molecule has 0 saturated carbocycles. The number of thiazole rings is 5. The molecule has 0 fully saturated rings. The van der Waals surface area contributed by atoms with Crippen molar-refractivity contribution in [2.24, 2.45) is 59.2 Å². The van der Waals surface area contributed by atoms with Crippen LogP contribution in [-0.2, 0) is 83.2 Å². The minimum Gasteiger partial charge on any atom is -0.294 e. The summed E-state index contributed by atoms with van der Waals surface area (Å²) in [6.07, 6.45) is 13.6. The van der Waals surface area contributed by atoms with Gasteiger partial charge in [-0.1, -0.05) is 283 Å². The Balaban J connectivity index is 0.000000112. The normalized spacial score (nSPS) is 29.4. The van der Waals surface area contributed by atoms with Gasteiger partial charge in [0.25, 0.3) is 0 Å². The van der Waals surface area contributed by atoms with Crippen molar-refractivity contribution in [3.8, 4) is 0 Å². The molecule has 120 heavy (non-hydrogen) atoms. The number of ketones is 5. The maximum atomic E-state index is 13.3. The summed E-state index contributed by atoms with van der Waals surface area (Å²) < 4.78 is 0. The van der Waals surface area contributed by atoms with E-state index >= 15 is 0 Å². The zero-order valence-electron chi connectivity index (χ0n) is 72.5. The molecule has 15 atom stereocenters. The van der Waals surface area contributed by atoms with Gasteiger partial charge >= 0.3 is 0 Å². The summed E-state index contributed by atoms with van der Waals surface area (Å²) in [4.78, 5) is 96.3. The Morgan fingerprint density at radius 3 is 0.533 bits per heavy atom. The van der Waals surface area contributed by atoms with E-state index in [0.717, 1.165) is 124 Å². The molecule has 0 aliphatic heterocycles. The Labute approximate surface area is 730 Å². The molecule has 10 nitrogen and oxygen atoms in total. The second-order valence-corrected chi connectivity index (χ2v) is 40.4. The monoisotopic (exact) mass is 1690 g/mol. The van der Waals surface area contributed by atoms with E-state index in [1.54, 1.807) is 56.7 Å². The molecule has 5 heterocycles. The second-order valence-electron chi connectivity index (χ2n) is 36.2. The zero-order chi connectivity index (χ0) is 84.5. The number of fused-ring (bicyclic) bond motifs is 5. The van der Waals surface area contributed by atoms with Crippen LogP contribution in [0.1, 0.15) is 249 Å². The smallest absolute Gasteiger partial charge is 0.162 e. The molecule has 5 aromatic heterocycles. The van der Waals surface area contributed by atoms with Crippen molar-refractivity contribution in [1.82, 2.24) is 24.9 Å². The molecule has 0 spiro atoms. The Morgan fingerprint density at radius 1 is 0.242 bits per heavy atom. The van der Waals surface area contributed by atoms with Crippen LogP contribution in [0.3, 0.4) is 0 Å². The van der Waals surface area contributed by atoms with Crippen LogP contribution in [0.5, 0.6) is 0 Å². The Morgan fingerprint density at radius 2 is 0.392 bits per heavy atom. The first-order valence-corrected chi connectivity index (χ1v) is 48.7. The number of nitrogens with zero attached hydrogens (tertiary/aromatic N) is 5. The third kappa shape index (κ3) is 13.7. The highest BCUT2D eigenvalue weighted by Crippen LogP contribution is 2.61. The van der Waals surface area contributed by atoms with Gasteiger partial charge in [0, 0.05) is 114 Å². The van der Waals surface area contributed by atoms with E-state index in [-0.39, 0.29) is 56.7 Å². The van der Waals surface area contributed by atoms with E-state index in [0.29, 0.717) is 58.5 Å². The molecule has 15 heteroatoms. The Bertz CT molecular complexity index is 4910. The first-order chi connectivity index (χ1) is 58.0. The van der Waals surface area contributed by atoms with E-state index in [4.69, 9.17) is 0 Å². The van der Waals surface area contributed by atoms with E-state index in [1.165, 1.54) is 109 Å². The largest absolute Gasteiger partial charge is 0.294 e. The highest BCUT2D eigenvalue weighted by molar-refractivity contribution is 7.11. The SMILES string of the molecule is CCC1(c2ccccc2)C2=C(Cc3ncsc31)C(C)CC(C)C2=O.CC[C@@]1(c2ccccc2)C2=C(Cc3ncsc31)[C@@H](C)C[C@H](C)C2=O.CC[C@@]1(c2ccccc2)C2=C(Cc3ncsc31)[C@H](C)C[C@@H](C)C2=O.CC[C@]1(c2ccccc2)C2=C(Cc3ncsc31)[C@@H](C)C[C@H](C)C2=O.CC[C@]1(c2ccccc2)C2=C(Cc3ncsc31)[C@H](C)C[C@@H](C)C2=O. The average Bonchev–Trinajstić information content (AvgIpc) is 1.36. The van der Waals surface area contributed by atoms with E-state index < -0.39 is 0 Å². The van der Waals surface area contributed by atoms with Gasteiger partial charge in [0.1, 0.15) is 0 Å². The maximum Gasteiger partial charge on any atom is 0.162 e. The van der Waals surface area contributed by atoms with Gasteiger partial charge in [-0.05, 0) is 122 Å². The number of carbonyl (C=O) groups is 5. The van der Waals surface area contributed by atoms with Gasteiger partial charge in [-0.2, -0.15) is 0 Å². The quantitative estimate of drug-likeness (QED) is 0.129. The lowest BCUT2D eigenvalue weighted by molar-refractivity contribution is -0.121. The van der Waals surface area contributed by atoms with Crippen molar-refractivity contribution in [3.63, 3.8) is 0 Å². The van der Waals surface area contributed by atoms with Gasteiger partial charge in [0.05, 0.1) is 83.1 Å². The molecule has 3 unspecified atom stereocenters. The van der Waals surface area contributed by atoms with Crippen LogP contribution >= 0.6 is 56.7 Å². The summed E-state index contributed by atoms with van der Waals surface area (Å²) in [5.41, 5.74) is 32.4. The number of Topliss-reactive ketones (excluding diaryl/α,β-unsaturated/α-hetero) is 5. The Kier molecular flexibility index (Phi) is 24.2. The fraction of sp³-hybridized carbons (Fsp3) is 0.429. The van der Waals surface area contributed by atoms with Crippen LogP contribution in [-0.4, -0.2) is 53.8 Å². The third-order valence-electron chi connectivity index (χ3n) is 29.6. The van der Waals surface area contributed by atoms with Crippen LogP contribution in [0, 0.1) is 59.2 Å². The minimum absolute atomic E-state index is 0.114. The van der Waals surface area contributed by atoms with Gasteiger partial charge in [-0.25, -0.2) is 24.9 Å². The predicted octanol–water partition coefficient (Wildman–Crippen LogP) is 24.7. The molecule has 0 N–H and O–H groups in total. The fourth-order valence-electron chi connectivity index (χ4n) is 23.8. The zero-order valence-corrected chi connectivity index (χ0v) is 76.6. The number of hydrogen-bond acceptors (Lipinski definition) is 15. The number of allylic oxidation sites excluding steroid dienone is 10. The standard InChI is InChI=1S/5C21H23NOS/c5*1-4-21(15-8-6-5-7-9-15)18-16(11-17-20(21)24-12-22-17)13(2)10-14(3)19(18)23/h5*5-9,12-14H,4,10-11H2,1-3H3/t2*13-,14-,21+;2*13-,14-,21-;/m1010./s1. The molecule has 620 valence electrons. The van der Waals surface area contributed by atoms with Crippen LogP contribution < -0.4 is 0 Å². The molecule has 0 amide bonds. The number of hydrogen-bond donors (Lipinski definition) is 0. The van der Waals surface area contributed by atoms with Crippen molar-refractivity contribution in [2.45, 2.75) is 227 Å². The van der Waals surface area contributed by atoms with Crippen LogP contribution in [0.2, 0.25) is 0 Å². The summed E-state index contributed by atoms with van der Waals surface area (Å²) in [6.45, 7) is 32.9. The number of rotatable bonds is 10. The molecule has 5 aromatic carbocycles. The van der Waals surface area contributed by atoms with Crippen molar-refractivity contribution in [2.75, 3.05) is 0 Å². The first kappa shape index (κ1) is 84.9. The number of carbonyl (C=O) groups excluding carboxylic acids is 5. The molecule has 0 bridgehead atoms. The predicted molar refractivity (Wildman–Crippen MR) is 492 cm³/mol. The van der Waals surface area contributed by atoms with Gasteiger partial charge in [-0.15, -0.1) is 56.7 Å². The van der Waals surface area contributed by atoms with E-state index in [2.05, 4.69) is 250 Å². The van der Waals surface area contributed by atoms with Gasteiger partial charge in [-0.3, -0.25) is 24.0 Å². The maximum absolute atomic E-state index is 13.3. The van der Waals surface area contributed by atoms with Crippen molar-refractivity contribution in [3.05, 3.63) is 316 Å². The number of aromatic nitrogens is 5. The van der Waals surface area contributed by atoms with Gasteiger partial charge in [0.15, 0.2) is 28.9 Å². The summed E-state index contributed by atoms with van der Waals surface area (Å²) in [5, 5.41) is 0. The molecular weight excluding hydrogens is 1570 g/mol. The molecule has 10 aliphatic carbocycles. The highest BCUT2D eigenvalue weighted by Gasteiger charge is 2.56. The summed E-state index contributed by atoms with van der Waals surface area (Å²) >= 11 is 8.57. The molecular formula is C105H115N5O5S5. The van der Waals surface area contributed by atoms with Gasteiger partial charge < -0.3 is 0 Å². The molecule has 10 aliphatic rings. The lowest BCUT2D eigenvalue weighted by atomic mass is 9.59. The Hall–Kier alpha value is -8.70. The van der Waals surface area contributed by atoms with E-state index in [9.17, 15) is 24.0 Å². The molecule has 0 saturated heterocycles. The average molecular weight is 1690 g/mol. The molecule has 20 rings (SSSR count). The summed E-state index contributed by atoms with van der Waals surface area (Å²) in [5.74, 6) is 4.62. The fourth-order valence-corrected chi connectivity index (χ4v) is 29.3. The lowest BCUT2D eigenvalue weighted by Gasteiger charge is -2.44. The lowest BCUT2D eigenvalue weighted by Crippen LogP contribution is -2.42. The number of benzene rings is 5. The second kappa shape index (κ2) is 34.2. The minimum atomic E-state index is -0.314. The topological polar surface area (TPSA) is 150 Å². The van der Waals surface area contributed by atoms with Crippen LogP contribution in [0.4, 0.5) is 0 Å². The third-order valence-corrected chi connectivity index (χ3v) is 34.8. The highest BCUT2D eigenvalue weighted by atomic mass is 32.1. The van der Waals surface area contributed by atoms with Gasteiger partial charge in [0.2, 0.25) is 0 Å². The van der Waals surface area contributed by atoms with Crippen molar-refractivity contribution < 1.29 is 24.0 Å². The van der Waals surface area contributed by atoms with Crippen LogP contribution in [0.25, 0.3) is 0 Å². The molecule has 10 aromatic rings. The van der Waals surface area contributed by atoms with Crippen molar-refractivity contribution in [1.29, 1.82) is 0 Å². The van der Waals surface area contributed by atoms with Crippen LogP contribution in [0.15, 0.2) is 235 Å². The molecule has 0 radical (unpaired) electrons. The van der Waals surface area contributed by atoms with Crippen molar-refractivity contribution >= 4 is 85.6 Å². The summed E-state index contributed by atoms with van der Waals surface area (Å²) in [7, 11) is 0. The first-order valence-electron chi connectivity index (χ1n) is 44.3. The van der Waals surface area contributed by atoms with E-state index in [1.807, 2.05) is 57.9 Å². The summed E-state index contributed by atoms with van der Waals surface area (Å²) in [6, 6.07) is 52.9.